The highest BCUT2D eigenvalue weighted by Crippen LogP contribution is 2.26. The quantitative estimate of drug-likeness (QED) is 0.785. The molecule has 1 aromatic heterocycles. The first-order chi connectivity index (χ1) is 6.22. The van der Waals surface area contributed by atoms with Crippen molar-refractivity contribution in [1.29, 1.82) is 0 Å². The van der Waals surface area contributed by atoms with Gasteiger partial charge in [-0.1, -0.05) is 6.92 Å². The fourth-order valence-corrected chi connectivity index (χ4v) is 1.84. The number of benzene rings is 1. The third-order valence-electron chi connectivity index (χ3n) is 2.13. The van der Waals surface area contributed by atoms with E-state index in [1.807, 2.05) is 13.0 Å². The minimum absolute atomic E-state index is 0.172. The number of aromatic amines is 1. The van der Waals surface area contributed by atoms with Crippen molar-refractivity contribution in [2.75, 3.05) is 0 Å². The van der Waals surface area contributed by atoms with Crippen molar-refractivity contribution in [3.05, 3.63) is 34.2 Å². The van der Waals surface area contributed by atoms with E-state index < -0.39 is 0 Å². The summed E-state index contributed by atoms with van der Waals surface area (Å²) in [6.45, 7) is 2.04. The lowest BCUT2D eigenvalue weighted by Crippen LogP contribution is -1.77. The molecule has 1 N–H and O–H groups in total. The van der Waals surface area contributed by atoms with Gasteiger partial charge in [-0.3, -0.25) is 0 Å². The average molecular weight is 242 g/mol. The molecule has 0 saturated heterocycles. The highest BCUT2D eigenvalue weighted by Gasteiger charge is 2.06. The molecule has 0 radical (unpaired) electrons. The molecular weight excluding hydrogens is 233 g/mol. The molecule has 1 nitrogen and oxygen atoms in total. The molecule has 2 aromatic rings. The summed E-state index contributed by atoms with van der Waals surface area (Å²) in [6.07, 6.45) is 0.889. The van der Waals surface area contributed by atoms with Crippen LogP contribution in [0, 0.1) is 5.82 Å². The number of aryl methyl sites for hydroxylation is 1. The van der Waals surface area contributed by atoms with Crippen molar-refractivity contribution < 1.29 is 4.39 Å². The molecule has 68 valence electrons. The number of hydrogen-bond acceptors (Lipinski definition) is 0. The second-order valence-electron chi connectivity index (χ2n) is 2.97. The number of aromatic nitrogens is 1. The van der Waals surface area contributed by atoms with Crippen LogP contribution in [0.4, 0.5) is 4.39 Å². The predicted molar refractivity (Wildman–Crippen MR) is 55.3 cm³/mol. The summed E-state index contributed by atoms with van der Waals surface area (Å²) in [7, 11) is 0. The van der Waals surface area contributed by atoms with E-state index in [1.165, 1.54) is 6.07 Å². The van der Waals surface area contributed by atoms with Crippen molar-refractivity contribution >= 4 is 26.8 Å². The van der Waals surface area contributed by atoms with Gasteiger partial charge in [0.25, 0.3) is 0 Å². The van der Waals surface area contributed by atoms with Gasteiger partial charge in [0, 0.05) is 15.6 Å². The number of hydrogen-bond donors (Lipinski definition) is 1. The minimum atomic E-state index is -0.172. The molecule has 0 unspecified atom stereocenters. The number of fused-ring (bicyclic) bond motifs is 1. The van der Waals surface area contributed by atoms with E-state index in [2.05, 4.69) is 20.9 Å². The lowest BCUT2D eigenvalue weighted by molar-refractivity contribution is 0.640. The zero-order chi connectivity index (χ0) is 9.42. The van der Waals surface area contributed by atoms with Crippen molar-refractivity contribution in [2.45, 2.75) is 13.3 Å². The molecule has 0 fully saturated rings. The Labute approximate surface area is 84.1 Å². The van der Waals surface area contributed by atoms with Gasteiger partial charge in [0.2, 0.25) is 0 Å². The number of nitrogens with one attached hydrogen (secondary N) is 1. The second-order valence-corrected chi connectivity index (χ2v) is 3.82. The Hall–Kier alpha value is -0.830. The van der Waals surface area contributed by atoms with E-state index >= 15 is 0 Å². The van der Waals surface area contributed by atoms with Crippen LogP contribution < -0.4 is 0 Å². The van der Waals surface area contributed by atoms with Gasteiger partial charge in [0.05, 0.1) is 5.52 Å². The van der Waals surface area contributed by atoms with Crippen LogP contribution in [0.5, 0.6) is 0 Å². The molecule has 0 aliphatic rings. The molecule has 0 saturated carbocycles. The molecule has 0 bridgehead atoms. The first-order valence-electron chi connectivity index (χ1n) is 4.18. The van der Waals surface area contributed by atoms with E-state index in [-0.39, 0.29) is 5.82 Å². The molecule has 3 heteroatoms. The molecule has 0 spiro atoms. The van der Waals surface area contributed by atoms with Gasteiger partial charge in [0.1, 0.15) is 5.82 Å². The van der Waals surface area contributed by atoms with Gasteiger partial charge in [0.15, 0.2) is 0 Å². The van der Waals surface area contributed by atoms with Crippen LogP contribution in [-0.4, -0.2) is 4.98 Å². The third-order valence-corrected chi connectivity index (χ3v) is 2.79. The van der Waals surface area contributed by atoms with E-state index in [0.29, 0.717) is 5.39 Å². The maximum atomic E-state index is 13.3. The maximum absolute atomic E-state index is 13.3. The van der Waals surface area contributed by atoms with Crippen LogP contribution in [0.2, 0.25) is 0 Å². The lowest BCUT2D eigenvalue weighted by Gasteiger charge is -1.94. The monoisotopic (exact) mass is 241 g/mol. The van der Waals surface area contributed by atoms with E-state index in [1.54, 1.807) is 6.07 Å². The Morgan fingerprint density at radius 2 is 2.23 bits per heavy atom. The topological polar surface area (TPSA) is 15.8 Å². The summed E-state index contributed by atoms with van der Waals surface area (Å²) < 4.78 is 14.2. The molecule has 1 heterocycles. The molecule has 0 aliphatic carbocycles. The number of H-pyrrole nitrogens is 1. The van der Waals surface area contributed by atoms with Crippen LogP contribution in [0.25, 0.3) is 10.9 Å². The standard InChI is InChI=1S/C10H9BrFN/c1-2-6-5-7-9(12)4-3-8(11)10(7)13-6/h3-5,13H,2H2,1H3. The average Bonchev–Trinajstić information content (AvgIpc) is 2.56. The summed E-state index contributed by atoms with van der Waals surface area (Å²) in [5, 5.41) is 0.659. The summed E-state index contributed by atoms with van der Waals surface area (Å²) in [4.78, 5) is 3.17. The number of rotatable bonds is 1. The number of halogens is 2. The molecule has 13 heavy (non-hydrogen) atoms. The van der Waals surface area contributed by atoms with Crippen LogP contribution in [0.1, 0.15) is 12.6 Å². The van der Waals surface area contributed by atoms with Crippen molar-refractivity contribution in [3.63, 3.8) is 0 Å². The summed E-state index contributed by atoms with van der Waals surface area (Å²) in [5.41, 5.74) is 1.90. The fourth-order valence-electron chi connectivity index (χ4n) is 1.40. The predicted octanol–water partition coefficient (Wildman–Crippen LogP) is 3.63. The van der Waals surface area contributed by atoms with Gasteiger partial charge < -0.3 is 4.98 Å². The molecule has 2 rings (SSSR count). The first-order valence-corrected chi connectivity index (χ1v) is 4.97. The summed E-state index contributed by atoms with van der Waals surface area (Å²) in [6, 6.07) is 5.04. The summed E-state index contributed by atoms with van der Waals surface area (Å²) >= 11 is 3.38. The first kappa shape index (κ1) is 8.75. The Morgan fingerprint density at radius 1 is 1.46 bits per heavy atom. The second kappa shape index (κ2) is 3.14. The Balaban J connectivity index is 2.80. The van der Waals surface area contributed by atoms with Gasteiger partial charge in [-0.2, -0.15) is 0 Å². The Morgan fingerprint density at radius 3 is 2.85 bits per heavy atom. The normalized spacial score (nSPS) is 11.0. The Kier molecular flexibility index (Phi) is 2.12. The smallest absolute Gasteiger partial charge is 0.132 e. The van der Waals surface area contributed by atoms with E-state index in [9.17, 15) is 4.39 Å². The van der Waals surface area contributed by atoms with Crippen LogP contribution >= 0.6 is 15.9 Å². The molecular formula is C10H9BrFN. The maximum Gasteiger partial charge on any atom is 0.132 e. The highest BCUT2D eigenvalue weighted by molar-refractivity contribution is 9.10. The van der Waals surface area contributed by atoms with Crippen molar-refractivity contribution in [3.8, 4) is 0 Å². The lowest BCUT2D eigenvalue weighted by atomic mass is 10.2. The molecule has 1 aromatic carbocycles. The van der Waals surface area contributed by atoms with Gasteiger partial charge in [-0.15, -0.1) is 0 Å². The Bertz CT molecular complexity index is 408. The largest absolute Gasteiger partial charge is 0.357 e. The summed E-state index contributed by atoms with van der Waals surface area (Å²) in [5.74, 6) is -0.172. The zero-order valence-electron chi connectivity index (χ0n) is 7.20. The molecule has 0 amide bonds. The molecule has 0 atom stereocenters. The fraction of sp³-hybridized carbons (Fsp3) is 0.200. The van der Waals surface area contributed by atoms with E-state index in [4.69, 9.17) is 0 Å². The highest BCUT2D eigenvalue weighted by atomic mass is 79.9. The van der Waals surface area contributed by atoms with Crippen molar-refractivity contribution in [1.82, 2.24) is 4.98 Å². The zero-order valence-corrected chi connectivity index (χ0v) is 8.78. The SMILES string of the molecule is CCc1cc2c(F)ccc(Br)c2[nH]1. The van der Waals surface area contributed by atoms with Crippen LogP contribution in [0.15, 0.2) is 22.7 Å². The third kappa shape index (κ3) is 1.37. The van der Waals surface area contributed by atoms with Crippen LogP contribution in [-0.2, 0) is 6.42 Å². The molecule has 0 aliphatic heterocycles. The minimum Gasteiger partial charge on any atom is -0.357 e. The van der Waals surface area contributed by atoms with Crippen molar-refractivity contribution in [2.24, 2.45) is 0 Å². The van der Waals surface area contributed by atoms with Gasteiger partial charge in [-0.25, -0.2) is 4.39 Å². The van der Waals surface area contributed by atoms with Gasteiger partial charge >= 0.3 is 0 Å². The van der Waals surface area contributed by atoms with Gasteiger partial charge in [-0.05, 0) is 40.5 Å². The van der Waals surface area contributed by atoms with E-state index in [0.717, 1.165) is 22.1 Å². The van der Waals surface area contributed by atoms with Crippen LogP contribution in [0.3, 0.4) is 0 Å².